The molecule has 1 saturated carbocycles. The van der Waals surface area contributed by atoms with Gasteiger partial charge in [0.2, 0.25) is 0 Å². The lowest BCUT2D eigenvalue weighted by Gasteiger charge is -2.42. The van der Waals surface area contributed by atoms with E-state index in [9.17, 15) is 0 Å². The van der Waals surface area contributed by atoms with Gasteiger partial charge in [-0.25, -0.2) is 0 Å². The minimum absolute atomic E-state index is 0.696. The molecule has 0 aromatic heterocycles. The molecule has 0 radical (unpaired) electrons. The number of nitrogens with one attached hydrogen (secondary N) is 1. The van der Waals surface area contributed by atoms with E-state index in [1.165, 1.54) is 70.9 Å². The Labute approximate surface area is 109 Å². The average Bonchev–Trinajstić information content (AvgIpc) is 2.23. The summed E-state index contributed by atoms with van der Waals surface area (Å²) in [6, 6.07) is 0. The van der Waals surface area contributed by atoms with Crippen molar-refractivity contribution in [3.8, 4) is 0 Å². The topological polar surface area (TPSA) is 12.0 Å². The highest BCUT2D eigenvalue weighted by Crippen LogP contribution is 2.44. The Morgan fingerprint density at radius 3 is 2.29 bits per heavy atom. The first-order chi connectivity index (χ1) is 8.18. The van der Waals surface area contributed by atoms with Crippen molar-refractivity contribution < 1.29 is 0 Å². The van der Waals surface area contributed by atoms with Gasteiger partial charge >= 0.3 is 0 Å². The van der Waals surface area contributed by atoms with Crippen LogP contribution in [0.25, 0.3) is 0 Å². The molecule has 17 heavy (non-hydrogen) atoms. The van der Waals surface area contributed by atoms with Crippen molar-refractivity contribution in [3.63, 3.8) is 0 Å². The van der Waals surface area contributed by atoms with Crippen LogP contribution in [-0.4, -0.2) is 13.1 Å². The van der Waals surface area contributed by atoms with Gasteiger partial charge in [-0.15, -0.1) is 0 Å². The van der Waals surface area contributed by atoms with Gasteiger partial charge < -0.3 is 5.32 Å². The third-order valence-corrected chi connectivity index (χ3v) is 4.28. The number of hydrogen-bond donors (Lipinski definition) is 1. The standard InChI is InChI=1S/C16H33N/c1-4-5-6-7-8-10-16(11-9-12-16)14-17-13-15(2)3/h15,17H,4-14H2,1-3H3. The second kappa shape index (κ2) is 8.13. The van der Waals surface area contributed by atoms with Gasteiger partial charge in [-0.1, -0.05) is 59.3 Å². The first kappa shape index (κ1) is 15.0. The zero-order chi connectivity index (χ0) is 12.6. The normalized spacial score (nSPS) is 18.4. The maximum absolute atomic E-state index is 3.68. The van der Waals surface area contributed by atoms with Gasteiger partial charge in [0.1, 0.15) is 0 Å². The van der Waals surface area contributed by atoms with Gasteiger partial charge in [-0.3, -0.25) is 0 Å². The van der Waals surface area contributed by atoms with E-state index in [0.717, 1.165) is 5.92 Å². The highest BCUT2D eigenvalue weighted by Gasteiger charge is 2.35. The molecular formula is C16H33N. The summed E-state index contributed by atoms with van der Waals surface area (Å²) in [4.78, 5) is 0. The van der Waals surface area contributed by atoms with E-state index in [4.69, 9.17) is 0 Å². The van der Waals surface area contributed by atoms with Crippen LogP contribution in [0.1, 0.15) is 78.6 Å². The molecule has 0 heterocycles. The number of unbranched alkanes of at least 4 members (excludes halogenated alkanes) is 4. The molecule has 0 aliphatic heterocycles. The molecule has 1 heteroatoms. The van der Waals surface area contributed by atoms with Crippen molar-refractivity contribution in [1.82, 2.24) is 5.32 Å². The van der Waals surface area contributed by atoms with Gasteiger partial charge in [0.05, 0.1) is 0 Å². The summed E-state index contributed by atoms with van der Waals surface area (Å²) < 4.78 is 0. The largest absolute Gasteiger partial charge is 0.316 e. The van der Waals surface area contributed by atoms with Crippen LogP contribution in [0.3, 0.4) is 0 Å². The second-order valence-electron chi connectivity index (χ2n) is 6.54. The molecule has 1 aliphatic carbocycles. The van der Waals surface area contributed by atoms with Crippen LogP contribution in [0, 0.1) is 11.3 Å². The maximum atomic E-state index is 3.68. The Balaban J connectivity index is 2.08. The quantitative estimate of drug-likeness (QED) is 0.542. The van der Waals surface area contributed by atoms with E-state index in [2.05, 4.69) is 26.1 Å². The van der Waals surface area contributed by atoms with Crippen LogP contribution in [0.2, 0.25) is 0 Å². The molecule has 1 fully saturated rings. The predicted octanol–water partition coefficient (Wildman–Crippen LogP) is 4.76. The average molecular weight is 239 g/mol. The van der Waals surface area contributed by atoms with Crippen LogP contribution >= 0.6 is 0 Å². The summed E-state index contributed by atoms with van der Waals surface area (Å²) in [6.45, 7) is 9.36. The molecule has 0 spiro atoms. The Kier molecular flexibility index (Phi) is 7.18. The van der Waals surface area contributed by atoms with Gasteiger partial charge in [-0.2, -0.15) is 0 Å². The Morgan fingerprint density at radius 1 is 1.06 bits per heavy atom. The Hall–Kier alpha value is -0.0400. The fraction of sp³-hybridized carbons (Fsp3) is 1.00. The van der Waals surface area contributed by atoms with Crippen LogP contribution in [0.4, 0.5) is 0 Å². The van der Waals surface area contributed by atoms with Crippen molar-refractivity contribution in [3.05, 3.63) is 0 Å². The molecule has 1 nitrogen and oxygen atoms in total. The van der Waals surface area contributed by atoms with E-state index >= 15 is 0 Å². The lowest BCUT2D eigenvalue weighted by atomic mass is 9.65. The van der Waals surface area contributed by atoms with Crippen molar-refractivity contribution in [1.29, 1.82) is 0 Å². The SMILES string of the molecule is CCCCCCCC1(CNCC(C)C)CCC1. The van der Waals surface area contributed by atoms with Crippen LogP contribution in [0.5, 0.6) is 0 Å². The van der Waals surface area contributed by atoms with Gasteiger partial charge in [-0.05, 0) is 37.1 Å². The summed E-state index contributed by atoms with van der Waals surface area (Å²) in [5, 5.41) is 3.68. The molecule has 0 aromatic rings. The van der Waals surface area contributed by atoms with E-state index in [0.29, 0.717) is 5.41 Å². The molecule has 0 bridgehead atoms. The van der Waals surface area contributed by atoms with Crippen LogP contribution in [-0.2, 0) is 0 Å². The minimum Gasteiger partial charge on any atom is -0.316 e. The van der Waals surface area contributed by atoms with Crippen LogP contribution in [0.15, 0.2) is 0 Å². The van der Waals surface area contributed by atoms with Crippen molar-refractivity contribution >= 4 is 0 Å². The zero-order valence-electron chi connectivity index (χ0n) is 12.4. The fourth-order valence-corrected chi connectivity index (χ4v) is 2.92. The first-order valence-corrected chi connectivity index (χ1v) is 7.89. The third kappa shape index (κ3) is 5.90. The van der Waals surface area contributed by atoms with E-state index in [-0.39, 0.29) is 0 Å². The van der Waals surface area contributed by atoms with Gasteiger partial charge in [0.15, 0.2) is 0 Å². The second-order valence-corrected chi connectivity index (χ2v) is 6.54. The van der Waals surface area contributed by atoms with Crippen molar-refractivity contribution in [2.75, 3.05) is 13.1 Å². The Morgan fingerprint density at radius 2 is 1.76 bits per heavy atom. The predicted molar refractivity (Wildman–Crippen MR) is 77.4 cm³/mol. The lowest BCUT2D eigenvalue weighted by Crippen LogP contribution is -2.41. The number of hydrogen-bond acceptors (Lipinski definition) is 1. The smallest absolute Gasteiger partial charge is 0.000792 e. The first-order valence-electron chi connectivity index (χ1n) is 7.89. The highest BCUT2D eigenvalue weighted by atomic mass is 14.9. The maximum Gasteiger partial charge on any atom is 0.000792 e. The summed E-state index contributed by atoms with van der Waals surface area (Å²) in [5.74, 6) is 0.789. The molecular weight excluding hydrogens is 206 g/mol. The molecule has 1 aliphatic rings. The summed E-state index contributed by atoms with van der Waals surface area (Å²) in [6.07, 6.45) is 13.1. The van der Waals surface area contributed by atoms with Crippen LogP contribution < -0.4 is 5.32 Å². The Bertz CT molecular complexity index is 182. The van der Waals surface area contributed by atoms with Crippen molar-refractivity contribution in [2.24, 2.45) is 11.3 Å². The molecule has 0 atom stereocenters. The van der Waals surface area contributed by atoms with Crippen molar-refractivity contribution in [2.45, 2.75) is 78.6 Å². The van der Waals surface area contributed by atoms with Gasteiger partial charge in [0, 0.05) is 6.54 Å². The fourth-order valence-electron chi connectivity index (χ4n) is 2.92. The van der Waals surface area contributed by atoms with Gasteiger partial charge in [0.25, 0.3) is 0 Å². The summed E-state index contributed by atoms with van der Waals surface area (Å²) in [7, 11) is 0. The molecule has 1 N–H and O–H groups in total. The van der Waals surface area contributed by atoms with E-state index in [1.807, 2.05) is 0 Å². The highest BCUT2D eigenvalue weighted by molar-refractivity contribution is 4.89. The van der Waals surface area contributed by atoms with E-state index in [1.54, 1.807) is 0 Å². The molecule has 0 unspecified atom stereocenters. The minimum atomic E-state index is 0.696. The summed E-state index contributed by atoms with van der Waals surface area (Å²) in [5.41, 5.74) is 0.696. The molecule has 1 rings (SSSR count). The molecule has 0 saturated heterocycles. The monoisotopic (exact) mass is 239 g/mol. The summed E-state index contributed by atoms with van der Waals surface area (Å²) >= 11 is 0. The third-order valence-electron chi connectivity index (χ3n) is 4.28. The molecule has 0 aromatic carbocycles. The van der Waals surface area contributed by atoms with E-state index < -0.39 is 0 Å². The lowest BCUT2D eigenvalue weighted by molar-refractivity contribution is 0.111. The zero-order valence-corrected chi connectivity index (χ0v) is 12.4. The molecule has 102 valence electrons. The molecule has 0 amide bonds. The number of rotatable bonds is 10.